The summed E-state index contributed by atoms with van der Waals surface area (Å²) < 4.78 is 0. The highest BCUT2D eigenvalue weighted by Gasteiger charge is 2.31. The molecule has 0 aliphatic heterocycles. The van der Waals surface area contributed by atoms with E-state index < -0.39 is 66.1 Å². The maximum absolute atomic E-state index is 12.9. The van der Waals surface area contributed by atoms with Crippen molar-refractivity contribution in [2.24, 2.45) is 23.1 Å². The fraction of sp³-hybridized carbons (Fsp3) is 0.700. The summed E-state index contributed by atoms with van der Waals surface area (Å²) in [5, 5.41) is 16.7. The van der Waals surface area contributed by atoms with E-state index in [9.17, 15) is 33.9 Å². The molecule has 0 aliphatic rings. The zero-order chi connectivity index (χ0) is 26.4. The van der Waals surface area contributed by atoms with Crippen LogP contribution in [0.2, 0.25) is 0 Å². The van der Waals surface area contributed by atoms with Crippen LogP contribution in [0.5, 0.6) is 0 Å². The standard InChI is InChI=1S/C20H36N6O7S/c1-10(2)8-14(19(31)25-13(20(32)33)6-7-34-3)26-18(30)12(4-5-15(22)27)24-17(29)11(21)9-16(23)28/h10-14H,4-9,21H2,1-3H3,(H2,22,27)(H2,23,28)(H,24,29)(H,25,31)(H,26,30)(H,32,33). The maximum atomic E-state index is 12.9. The monoisotopic (exact) mass is 504 g/mol. The number of carbonyl (C=O) groups excluding carboxylic acids is 5. The Balaban J connectivity index is 5.54. The summed E-state index contributed by atoms with van der Waals surface area (Å²) in [6, 6.07) is -4.84. The smallest absolute Gasteiger partial charge is 0.326 e. The molecule has 194 valence electrons. The van der Waals surface area contributed by atoms with E-state index in [1.165, 1.54) is 11.8 Å². The molecule has 5 amide bonds. The molecule has 0 radical (unpaired) electrons. The molecule has 34 heavy (non-hydrogen) atoms. The Kier molecular flexibility index (Phi) is 14.5. The van der Waals surface area contributed by atoms with Gasteiger partial charge in [0.2, 0.25) is 29.5 Å². The predicted octanol–water partition coefficient (Wildman–Crippen LogP) is -2.21. The number of amides is 5. The molecule has 0 saturated carbocycles. The number of thioether (sulfide) groups is 1. The minimum absolute atomic E-state index is 0.0480. The highest BCUT2D eigenvalue weighted by atomic mass is 32.2. The molecule has 0 aromatic carbocycles. The van der Waals surface area contributed by atoms with Gasteiger partial charge in [-0.2, -0.15) is 11.8 Å². The fourth-order valence-corrected chi connectivity index (χ4v) is 3.36. The minimum Gasteiger partial charge on any atom is -0.480 e. The summed E-state index contributed by atoms with van der Waals surface area (Å²) in [7, 11) is 0. The van der Waals surface area contributed by atoms with Crippen LogP contribution in [-0.2, 0) is 28.8 Å². The first-order chi connectivity index (χ1) is 15.8. The van der Waals surface area contributed by atoms with E-state index in [1.807, 2.05) is 13.8 Å². The van der Waals surface area contributed by atoms with Crippen molar-refractivity contribution >= 4 is 47.3 Å². The van der Waals surface area contributed by atoms with Crippen molar-refractivity contribution in [1.29, 1.82) is 0 Å². The van der Waals surface area contributed by atoms with E-state index in [4.69, 9.17) is 17.2 Å². The van der Waals surface area contributed by atoms with Gasteiger partial charge in [-0.05, 0) is 37.2 Å². The van der Waals surface area contributed by atoms with Crippen LogP contribution in [0.3, 0.4) is 0 Å². The van der Waals surface area contributed by atoms with Crippen LogP contribution in [0.25, 0.3) is 0 Å². The molecule has 0 bridgehead atoms. The van der Waals surface area contributed by atoms with E-state index >= 15 is 0 Å². The second-order valence-electron chi connectivity index (χ2n) is 8.21. The summed E-state index contributed by atoms with van der Waals surface area (Å²) in [5.74, 6) is -4.62. The van der Waals surface area contributed by atoms with Gasteiger partial charge in [-0.1, -0.05) is 13.8 Å². The van der Waals surface area contributed by atoms with Gasteiger partial charge in [0, 0.05) is 6.42 Å². The van der Waals surface area contributed by atoms with Gasteiger partial charge >= 0.3 is 5.97 Å². The Bertz CT molecular complexity index is 749. The lowest BCUT2D eigenvalue weighted by atomic mass is 10.0. The number of nitrogens with two attached hydrogens (primary N) is 3. The maximum Gasteiger partial charge on any atom is 0.326 e. The number of hydrogen-bond donors (Lipinski definition) is 7. The van der Waals surface area contributed by atoms with Crippen LogP contribution >= 0.6 is 11.8 Å². The zero-order valence-corrected chi connectivity index (χ0v) is 20.5. The van der Waals surface area contributed by atoms with Crippen LogP contribution in [0.15, 0.2) is 0 Å². The van der Waals surface area contributed by atoms with Crippen LogP contribution in [0.1, 0.15) is 46.0 Å². The van der Waals surface area contributed by atoms with Crippen molar-refractivity contribution in [3.8, 4) is 0 Å². The lowest BCUT2D eigenvalue weighted by molar-refractivity contribution is -0.142. The summed E-state index contributed by atoms with van der Waals surface area (Å²) in [5.41, 5.74) is 15.8. The summed E-state index contributed by atoms with van der Waals surface area (Å²) in [6.45, 7) is 3.62. The quantitative estimate of drug-likeness (QED) is 0.113. The number of primary amides is 2. The molecule has 0 aromatic rings. The molecule has 4 atom stereocenters. The van der Waals surface area contributed by atoms with Crippen molar-refractivity contribution in [2.45, 2.75) is 70.1 Å². The Labute approximate surface area is 202 Å². The minimum atomic E-state index is -1.32. The van der Waals surface area contributed by atoms with Gasteiger partial charge < -0.3 is 38.3 Å². The van der Waals surface area contributed by atoms with E-state index in [0.717, 1.165) is 0 Å². The third-order valence-corrected chi connectivity index (χ3v) is 5.28. The number of nitrogens with one attached hydrogen (secondary N) is 3. The third kappa shape index (κ3) is 13.0. The summed E-state index contributed by atoms with van der Waals surface area (Å²) >= 11 is 1.43. The normalized spacial score (nSPS) is 14.4. The Hall–Kier alpha value is -2.87. The van der Waals surface area contributed by atoms with Crippen LogP contribution in [0.4, 0.5) is 0 Å². The number of carbonyl (C=O) groups is 6. The number of carboxylic acid groups (broad SMARTS) is 1. The average Bonchev–Trinajstić information content (AvgIpc) is 2.71. The molecular formula is C20H36N6O7S. The van der Waals surface area contributed by atoms with Gasteiger partial charge in [-0.15, -0.1) is 0 Å². The van der Waals surface area contributed by atoms with Crippen molar-refractivity contribution in [3.05, 3.63) is 0 Å². The van der Waals surface area contributed by atoms with Gasteiger partial charge in [0.25, 0.3) is 0 Å². The van der Waals surface area contributed by atoms with Crippen LogP contribution in [0, 0.1) is 5.92 Å². The van der Waals surface area contributed by atoms with Crippen molar-refractivity contribution in [2.75, 3.05) is 12.0 Å². The van der Waals surface area contributed by atoms with Gasteiger partial charge in [0.15, 0.2) is 0 Å². The van der Waals surface area contributed by atoms with Crippen LogP contribution in [-0.4, -0.2) is 76.8 Å². The fourth-order valence-electron chi connectivity index (χ4n) is 2.88. The molecule has 14 heteroatoms. The molecule has 0 saturated heterocycles. The molecule has 0 rings (SSSR count). The lowest BCUT2D eigenvalue weighted by Crippen LogP contribution is -2.57. The summed E-state index contributed by atoms with van der Waals surface area (Å²) in [4.78, 5) is 71.7. The molecule has 0 aromatic heterocycles. The number of hydrogen-bond acceptors (Lipinski definition) is 8. The highest BCUT2D eigenvalue weighted by Crippen LogP contribution is 2.09. The second-order valence-corrected chi connectivity index (χ2v) is 9.20. The molecule has 0 spiro atoms. The highest BCUT2D eigenvalue weighted by molar-refractivity contribution is 7.98. The predicted molar refractivity (Wildman–Crippen MR) is 126 cm³/mol. The first-order valence-corrected chi connectivity index (χ1v) is 12.1. The molecule has 10 N–H and O–H groups in total. The first-order valence-electron chi connectivity index (χ1n) is 10.7. The van der Waals surface area contributed by atoms with Crippen molar-refractivity contribution < 1.29 is 33.9 Å². The van der Waals surface area contributed by atoms with Gasteiger partial charge in [0.1, 0.15) is 18.1 Å². The van der Waals surface area contributed by atoms with E-state index in [-0.39, 0.29) is 31.6 Å². The van der Waals surface area contributed by atoms with Crippen molar-refractivity contribution in [3.63, 3.8) is 0 Å². The van der Waals surface area contributed by atoms with Gasteiger partial charge in [0.05, 0.1) is 12.5 Å². The molecular weight excluding hydrogens is 468 g/mol. The van der Waals surface area contributed by atoms with E-state index in [2.05, 4.69) is 16.0 Å². The number of aliphatic carboxylic acids is 1. The van der Waals surface area contributed by atoms with Crippen LogP contribution < -0.4 is 33.2 Å². The van der Waals surface area contributed by atoms with Gasteiger partial charge in [-0.3, -0.25) is 24.0 Å². The Morgan fingerprint density at radius 1 is 0.824 bits per heavy atom. The average molecular weight is 505 g/mol. The Morgan fingerprint density at radius 2 is 1.35 bits per heavy atom. The number of carboxylic acids is 1. The second kappa shape index (κ2) is 15.9. The van der Waals surface area contributed by atoms with E-state index in [0.29, 0.717) is 5.75 Å². The molecule has 0 aliphatic carbocycles. The molecule has 4 unspecified atom stereocenters. The van der Waals surface area contributed by atoms with Crippen molar-refractivity contribution in [1.82, 2.24) is 16.0 Å². The zero-order valence-electron chi connectivity index (χ0n) is 19.7. The SMILES string of the molecule is CSCCC(NC(=O)C(CC(C)C)NC(=O)C(CCC(N)=O)NC(=O)C(N)CC(N)=O)C(=O)O. The topological polar surface area (TPSA) is 237 Å². The molecule has 0 heterocycles. The van der Waals surface area contributed by atoms with E-state index in [1.54, 1.807) is 6.26 Å². The largest absolute Gasteiger partial charge is 0.480 e. The van der Waals surface area contributed by atoms with Gasteiger partial charge in [-0.25, -0.2) is 4.79 Å². The first kappa shape index (κ1) is 31.1. The lowest BCUT2D eigenvalue weighted by Gasteiger charge is -2.26. The molecule has 0 fully saturated rings. The summed E-state index contributed by atoms with van der Waals surface area (Å²) in [6.07, 6.45) is 1.29. The molecule has 13 nitrogen and oxygen atoms in total. The number of rotatable bonds is 17. The Morgan fingerprint density at radius 3 is 1.82 bits per heavy atom. The third-order valence-electron chi connectivity index (χ3n) is 4.64.